The highest BCUT2D eigenvalue weighted by Gasteiger charge is 2.13. The number of likely N-dealkylation sites (N-methyl/N-ethyl adjacent to an activating group) is 2. The van der Waals surface area contributed by atoms with Gasteiger partial charge in [-0.25, -0.2) is 4.79 Å². The summed E-state index contributed by atoms with van der Waals surface area (Å²) in [5, 5.41) is 2.35. The third-order valence-electron chi connectivity index (χ3n) is 2.49. The number of nitrogens with one attached hydrogen (secondary N) is 1. The van der Waals surface area contributed by atoms with Crippen LogP contribution in [0.3, 0.4) is 0 Å². The second-order valence-electron chi connectivity index (χ2n) is 4.35. The van der Waals surface area contributed by atoms with Crippen LogP contribution in [-0.2, 0) is 0 Å². The maximum atomic E-state index is 11.7. The molecular weight excluding hydrogens is 230 g/mol. The Hall–Kier alpha value is -1.88. The summed E-state index contributed by atoms with van der Waals surface area (Å²) in [5.74, 6) is -0.377. The molecule has 0 atom stereocenters. The summed E-state index contributed by atoms with van der Waals surface area (Å²) in [5.41, 5.74) is 0.479. The number of hydrogen-bond acceptors (Lipinski definition) is 3. The van der Waals surface area contributed by atoms with Crippen LogP contribution in [0.5, 0.6) is 0 Å². The van der Waals surface area contributed by atoms with Crippen LogP contribution in [-0.4, -0.2) is 56.0 Å². The molecule has 5 heteroatoms. The van der Waals surface area contributed by atoms with Crippen molar-refractivity contribution in [2.45, 2.75) is 0 Å². The van der Waals surface area contributed by atoms with Crippen molar-refractivity contribution in [3.05, 3.63) is 35.9 Å². The van der Waals surface area contributed by atoms with Crippen molar-refractivity contribution in [1.29, 1.82) is 0 Å². The van der Waals surface area contributed by atoms with Gasteiger partial charge in [-0.2, -0.15) is 0 Å². The fraction of sp³-hybridized carbons (Fsp3) is 0.385. The van der Waals surface area contributed by atoms with Crippen molar-refractivity contribution < 1.29 is 9.59 Å². The molecule has 1 aromatic rings. The van der Waals surface area contributed by atoms with Gasteiger partial charge >= 0.3 is 6.03 Å². The summed E-state index contributed by atoms with van der Waals surface area (Å²) >= 11 is 0. The third-order valence-corrected chi connectivity index (χ3v) is 2.49. The summed E-state index contributed by atoms with van der Waals surface area (Å²) in [6, 6.07) is 8.29. The van der Waals surface area contributed by atoms with Crippen LogP contribution >= 0.6 is 0 Å². The predicted octanol–water partition coefficient (Wildman–Crippen LogP) is 1.03. The van der Waals surface area contributed by atoms with E-state index >= 15 is 0 Å². The lowest BCUT2D eigenvalue weighted by Crippen LogP contribution is -2.43. The van der Waals surface area contributed by atoms with Crippen molar-refractivity contribution in [3.63, 3.8) is 0 Å². The lowest BCUT2D eigenvalue weighted by molar-refractivity contribution is 0.0954. The number of urea groups is 1. The van der Waals surface area contributed by atoms with E-state index < -0.39 is 0 Å². The molecule has 0 fully saturated rings. The summed E-state index contributed by atoms with van der Waals surface area (Å²) < 4.78 is 0. The zero-order valence-corrected chi connectivity index (χ0v) is 11.0. The lowest BCUT2D eigenvalue weighted by Gasteiger charge is -2.19. The van der Waals surface area contributed by atoms with Gasteiger partial charge in [0, 0.05) is 25.7 Å². The molecule has 1 N–H and O–H groups in total. The smallest absolute Gasteiger partial charge is 0.324 e. The Morgan fingerprint density at radius 3 is 2.22 bits per heavy atom. The highest BCUT2D eigenvalue weighted by molar-refractivity contribution is 6.04. The van der Waals surface area contributed by atoms with Crippen LogP contribution in [0.4, 0.5) is 4.79 Å². The van der Waals surface area contributed by atoms with Gasteiger partial charge in [0.25, 0.3) is 5.91 Å². The number of nitrogens with zero attached hydrogens (tertiary/aromatic N) is 2. The number of imide groups is 1. The topological polar surface area (TPSA) is 52.6 Å². The minimum absolute atomic E-state index is 0.377. The molecule has 0 unspecified atom stereocenters. The second-order valence-corrected chi connectivity index (χ2v) is 4.35. The standard InChI is InChI=1S/C13H19N3O2/c1-15(2)9-10-16(3)13(18)14-12(17)11-7-5-4-6-8-11/h4-8H,9-10H2,1-3H3,(H,14,17,18). The average Bonchev–Trinajstić information content (AvgIpc) is 2.36. The Balaban J connectivity index is 2.47. The molecule has 0 bridgehead atoms. The first-order chi connectivity index (χ1) is 8.50. The van der Waals surface area contributed by atoms with Crippen molar-refractivity contribution in [3.8, 4) is 0 Å². The molecule has 0 radical (unpaired) electrons. The molecule has 1 aromatic carbocycles. The van der Waals surface area contributed by atoms with Crippen LogP contribution in [0.2, 0.25) is 0 Å². The molecule has 0 aromatic heterocycles. The minimum atomic E-state index is -0.384. The molecule has 0 aliphatic rings. The predicted molar refractivity (Wildman–Crippen MR) is 70.5 cm³/mol. The Labute approximate surface area is 107 Å². The zero-order valence-electron chi connectivity index (χ0n) is 11.0. The Bertz CT molecular complexity index is 404. The highest BCUT2D eigenvalue weighted by Crippen LogP contribution is 1.98. The van der Waals surface area contributed by atoms with E-state index in [0.29, 0.717) is 12.1 Å². The third kappa shape index (κ3) is 4.55. The van der Waals surface area contributed by atoms with Gasteiger partial charge in [0.15, 0.2) is 0 Å². The van der Waals surface area contributed by atoms with E-state index in [1.807, 2.05) is 25.1 Å². The fourth-order valence-corrected chi connectivity index (χ4v) is 1.31. The molecule has 98 valence electrons. The van der Waals surface area contributed by atoms with Gasteiger partial charge in [0.1, 0.15) is 0 Å². The Morgan fingerprint density at radius 1 is 1.06 bits per heavy atom. The summed E-state index contributed by atoms with van der Waals surface area (Å²) in [4.78, 5) is 26.9. The normalized spacial score (nSPS) is 10.2. The molecule has 0 heterocycles. The average molecular weight is 249 g/mol. The maximum absolute atomic E-state index is 11.7. The van der Waals surface area contributed by atoms with Crippen LogP contribution in [0.25, 0.3) is 0 Å². The zero-order chi connectivity index (χ0) is 13.5. The first kappa shape index (κ1) is 14.2. The van der Waals surface area contributed by atoms with Crippen LogP contribution in [0.1, 0.15) is 10.4 Å². The van der Waals surface area contributed by atoms with Gasteiger partial charge in [0.2, 0.25) is 0 Å². The van der Waals surface area contributed by atoms with Crippen molar-refractivity contribution >= 4 is 11.9 Å². The number of carbonyl (C=O) groups excluding carboxylic acids is 2. The Kier molecular flexibility index (Phi) is 5.32. The van der Waals surface area contributed by atoms with E-state index in [4.69, 9.17) is 0 Å². The lowest BCUT2D eigenvalue weighted by atomic mass is 10.2. The van der Waals surface area contributed by atoms with E-state index in [2.05, 4.69) is 5.32 Å². The molecule has 3 amide bonds. The van der Waals surface area contributed by atoms with Crippen LogP contribution < -0.4 is 5.32 Å². The molecule has 18 heavy (non-hydrogen) atoms. The van der Waals surface area contributed by atoms with Crippen LogP contribution in [0.15, 0.2) is 30.3 Å². The van der Waals surface area contributed by atoms with Crippen LogP contribution in [0, 0.1) is 0 Å². The molecule has 0 saturated carbocycles. The monoisotopic (exact) mass is 249 g/mol. The van der Waals surface area contributed by atoms with E-state index in [9.17, 15) is 9.59 Å². The van der Waals surface area contributed by atoms with E-state index in [-0.39, 0.29) is 11.9 Å². The summed E-state index contributed by atoms with van der Waals surface area (Å²) in [6.45, 7) is 1.32. The quantitative estimate of drug-likeness (QED) is 0.867. The molecule has 0 aliphatic heterocycles. The van der Waals surface area contributed by atoms with E-state index in [1.165, 1.54) is 4.90 Å². The first-order valence-corrected chi connectivity index (χ1v) is 5.77. The van der Waals surface area contributed by atoms with Gasteiger partial charge in [0.05, 0.1) is 0 Å². The Morgan fingerprint density at radius 2 is 1.67 bits per heavy atom. The summed E-state index contributed by atoms with van der Waals surface area (Å²) in [7, 11) is 5.53. The fourth-order valence-electron chi connectivity index (χ4n) is 1.31. The molecule has 1 rings (SSSR count). The minimum Gasteiger partial charge on any atom is -0.326 e. The van der Waals surface area contributed by atoms with Gasteiger partial charge in [-0.3, -0.25) is 10.1 Å². The molecular formula is C13H19N3O2. The number of benzene rings is 1. The molecule has 0 saturated heterocycles. The molecule has 5 nitrogen and oxygen atoms in total. The number of amides is 3. The van der Waals surface area contributed by atoms with E-state index in [0.717, 1.165) is 6.54 Å². The van der Waals surface area contributed by atoms with Crippen molar-refractivity contribution in [1.82, 2.24) is 15.1 Å². The van der Waals surface area contributed by atoms with Gasteiger partial charge in [-0.05, 0) is 26.2 Å². The first-order valence-electron chi connectivity index (χ1n) is 5.77. The highest BCUT2D eigenvalue weighted by atomic mass is 16.2. The summed E-state index contributed by atoms with van der Waals surface area (Å²) in [6.07, 6.45) is 0. The number of hydrogen-bond donors (Lipinski definition) is 1. The largest absolute Gasteiger partial charge is 0.326 e. The maximum Gasteiger partial charge on any atom is 0.324 e. The van der Waals surface area contributed by atoms with Crippen molar-refractivity contribution in [2.24, 2.45) is 0 Å². The van der Waals surface area contributed by atoms with Gasteiger partial charge in [-0.1, -0.05) is 18.2 Å². The molecule has 0 spiro atoms. The number of rotatable bonds is 4. The van der Waals surface area contributed by atoms with Crippen molar-refractivity contribution in [2.75, 3.05) is 34.2 Å². The number of carbonyl (C=O) groups is 2. The van der Waals surface area contributed by atoms with Gasteiger partial charge in [-0.15, -0.1) is 0 Å². The second kappa shape index (κ2) is 6.76. The molecule has 0 aliphatic carbocycles. The van der Waals surface area contributed by atoms with E-state index in [1.54, 1.807) is 31.3 Å². The van der Waals surface area contributed by atoms with Gasteiger partial charge < -0.3 is 9.80 Å². The SMILES string of the molecule is CN(C)CCN(C)C(=O)NC(=O)c1ccccc1.